The van der Waals surface area contributed by atoms with Crippen LogP contribution in [0.15, 0.2) is 81.4 Å². The number of carbonyl (C=O) groups is 1. The van der Waals surface area contributed by atoms with Crippen LogP contribution in [0.2, 0.25) is 5.02 Å². The Morgan fingerprint density at radius 3 is 2.32 bits per heavy atom. The third kappa shape index (κ3) is 6.09. The normalized spacial score (nSPS) is 13.2. The van der Waals surface area contributed by atoms with E-state index in [-0.39, 0.29) is 12.2 Å². The largest absolute Gasteiger partial charge is 0.481 e. The number of carboxylic acid groups (broad SMARTS) is 1. The van der Waals surface area contributed by atoms with Gasteiger partial charge in [0.15, 0.2) is 0 Å². The van der Waals surface area contributed by atoms with Crippen molar-refractivity contribution in [2.45, 2.75) is 33.4 Å². The van der Waals surface area contributed by atoms with Crippen LogP contribution in [0.5, 0.6) is 11.5 Å². The van der Waals surface area contributed by atoms with Gasteiger partial charge in [0.05, 0.1) is 30.4 Å². The molecule has 0 aliphatic rings. The summed E-state index contributed by atoms with van der Waals surface area (Å²) in [6.45, 7) is 4.91. The van der Waals surface area contributed by atoms with Gasteiger partial charge in [0, 0.05) is 10.7 Å². The summed E-state index contributed by atoms with van der Waals surface area (Å²) in [4.78, 5) is 49.3. The van der Waals surface area contributed by atoms with E-state index in [4.69, 9.17) is 16.3 Å². The van der Waals surface area contributed by atoms with E-state index in [1.54, 1.807) is 54.7 Å². The van der Waals surface area contributed by atoms with E-state index in [0.29, 0.717) is 22.2 Å². The van der Waals surface area contributed by atoms with Gasteiger partial charge < -0.3 is 9.84 Å². The van der Waals surface area contributed by atoms with E-state index in [1.165, 1.54) is 18.4 Å². The van der Waals surface area contributed by atoms with E-state index in [0.717, 1.165) is 15.8 Å². The topological polar surface area (TPSA) is 132 Å². The lowest BCUT2D eigenvalue weighted by Gasteiger charge is -2.19. The number of pyridine rings is 1. The van der Waals surface area contributed by atoms with Gasteiger partial charge in [-0.15, -0.1) is 0 Å². The summed E-state index contributed by atoms with van der Waals surface area (Å²) >= 11 is 6.00. The first-order chi connectivity index (χ1) is 18.1. The van der Waals surface area contributed by atoms with Crippen molar-refractivity contribution in [2.75, 3.05) is 0 Å². The maximum absolute atomic E-state index is 13.5. The van der Waals surface area contributed by atoms with Gasteiger partial charge in [-0.3, -0.25) is 19.3 Å². The monoisotopic (exact) mass is 535 g/mol. The molecule has 2 atom stereocenters. The van der Waals surface area contributed by atoms with Crippen molar-refractivity contribution in [3.05, 3.63) is 110 Å². The van der Waals surface area contributed by atoms with Crippen LogP contribution in [0.3, 0.4) is 0 Å². The van der Waals surface area contributed by atoms with E-state index < -0.39 is 29.3 Å². The number of carboxylic acids is 1. The molecule has 4 rings (SSSR count). The van der Waals surface area contributed by atoms with Crippen molar-refractivity contribution in [3.8, 4) is 11.5 Å². The van der Waals surface area contributed by atoms with Gasteiger partial charge in [-0.2, -0.15) is 0 Å². The number of nitrogens with zero attached hydrogens (tertiary/aromatic N) is 4. The second kappa shape index (κ2) is 11.3. The lowest BCUT2D eigenvalue weighted by Crippen LogP contribution is -2.52. The predicted octanol–water partition coefficient (Wildman–Crippen LogP) is 4.05. The lowest BCUT2D eigenvalue weighted by molar-refractivity contribution is -0.142. The molecule has 38 heavy (non-hydrogen) atoms. The van der Waals surface area contributed by atoms with Gasteiger partial charge in [-0.25, -0.2) is 19.1 Å². The number of nitrogens with one attached hydrogen (secondary N) is 1. The predicted molar refractivity (Wildman–Crippen MR) is 142 cm³/mol. The molecule has 0 saturated heterocycles. The van der Waals surface area contributed by atoms with Crippen LogP contribution < -0.4 is 21.7 Å². The van der Waals surface area contributed by atoms with Gasteiger partial charge in [-0.05, 0) is 74.9 Å². The molecule has 11 heteroatoms. The molecule has 0 unspecified atom stereocenters. The summed E-state index contributed by atoms with van der Waals surface area (Å²) in [5.74, 6) is -0.954. The number of aromatic nitrogens is 4. The molecule has 4 aromatic rings. The number of hydrogen-bond acceptors (Lipinski definition) is 6. The Bertz CT molecular complexity index is 1620. The number of benzene rings is 2. The summed E-state index contributed by atoms with van der Waals surface area (Å²) in [5.41, 5.74) is 0.646. The average molecular weight is 536 g/mol. The van der Waals surface area contributed by atoms with Gasteiger partial charge in [0.25, 0.3) is 0 Å². The molecule has 0 amide bonds. The first-order valence-corrected chi connectivity index (χ1v) is 12.2. The van der Waals surface area contributed by atoms with Crippen molar-refractivity contribution < 1.29 is 14.6 Å². The Labute approximate surface area is 222 Å². The highest BCUT2D eigenvalue weighted by atomic mass is 35.5. The maximum atomic E-state index is 13.5. The van der Waals surface area contributed by atoms with Crippen LogP contribution in [0.25, 0.3) is 0 Å². The van der Waals surface area contributed by atoms with Crippen LogP contribution in [0.1, 0.15) is 31.1 Å². The maximum Gasteiger partial charge on any atom is 0.335 e. The molecule has 0 bridgehead atoms. The molecule has 2 aromatic heterocycles. The zero-order valence-electron chi connectivity index (χ0n) is 21.0. The second-order valence-electron chi connectivity index (χ2n) is 8.83. The highest BCUT2D eigenvalue weighted by molar-refractivity contribution is 6.30. The Morgan fingerprint density at radius 1 is 1.05 bits per heavy atom. The number of aromatic amines is 1. The van der Waals surface area contributed by atoms with Crippen molar-refractivity contribution in [2.24, 2.45) is 10.9 Å². The smallest absolute Gasteiger partial charge is 0.335 e. The molecular weight excluding hydrogens is 510 g/mol. The molecule has 2 aromatic carbocycles. The third-order valence-electron chi connectivity index (χ3n) is 6.10. The van der Waals surface area contributed by atoms with E-state index in [2.05, 4.69) is 15.0 Å². The first kappa shape index (κ1) is 26.6. The number of aryl methyl sites for hydroxylation is 1. The fraction of sp³-hybridized carbons (Fsp3) is 0.222. The van der Waals surface area contributed by atoms with Crippen LogP contribution in [0.4, 0.5) is 5.69 Å². The molecule has 0 radical (unpaired) electrons. The number of hydrogen-bond donors (Lipinski definition) is 2. The van der Waals surface area contributed by atoms with E-state index in [1.807, 2.05) is 19.1 Å². The molecule has 2 heterocycles. The quantitative estimate of drug-likeness (QED) is 0.350. The molecule has 196 valence electrons. The fourth-order valence-electron chi connectivity index (χ4n) is 3.68. The SMILES string of the molecule is Cc1ccc(Oc2ccc(/N=c3\[nH]c(=O)n([C@H](C)[C@H](C)C(=O)O)c(=O)n3Cc3ccc(Cl)cc3)cc2)cn1. The molecule has 0 aliphatic heterocycles. The summed E-state index contributed by atoms with van der Waals surface area (Å²) in [6, 6.07) is 16.4. The van der Waals surface area contributed by atoms with Crippen LogP contribution in [0, 0.1) is 12.8 Å². The first-order valence-electron chi connectivity index (χ1n) is 11.8. The highest BCUT2D eigenvalue weighted by Gasteiger charge is 2.25. The lowest BCUT2D eigenvalue weighted by atomic mass is 10.0. The summed E-state index contributed by atoms with van der Waals surface area (Å²) in [7, 11) is 0. The molecular formula is C27H26ClN5O5. The van der Waals surface area contributed by atoms with Crippen LogP contribution in [-0.4, -0.2) is 30.2 Å². The van der Waals surface area contributed by atoms with Gasteiger partial charge in [-0.1, -0.05) is 23.7 Å². The molecule has 10 nitrogen and oxygen atoms in total. The molecule has 0 saturated carbocycles. The minimum absolute atomic E-state index is 0.0118. The van der Waals surface area contributed by atoms with Crippen molar-refractivity contribution in [3.63, 3.8) is 0 Å². The molecule has 0 spiro atoms. The third-order valence-corrected chi connectivity index (χ3v) is 6.35. The molecule has 0 aliphatic carbocycles. The summed E-state index contributed by atoms with van der Waals surface area (Å²) in [5, 5.41) is 9.96. The highest BCUT2D eigenvalue weighted by Crippen LogP contribution is 2.23. The van der Waals surface area contributed by atoms with Crippen molar-refractivity contribution in [1.82, 2.24) is 19.1 Å². The van der Waals surface area contributed by atoms with Crippen molar-refractivity contribution >= 4 is 23.3 Å². The Hall–Kier alpha value is -4.44. The number of aliphatic carboxylic acids is 1. The van der Waals surface area contributed by atoms with Gasteiger partial charge in [0.2, 0.25) is 5.62 Å². The van der Waals surface area contributed by atoms with E-state index in [9.17, 15) is 19.5 Å². The van der Waals surface area contributed by atoms with Crippen LogP contribution >= 0.6 is 11.6 Å². The average Bonchev–Trinajstić information content (AvgIpc) is 2.89. The Balaban J connectivity index is 1.76. The number of halogens is 1. The Morgan fingerprint density at radius 2 is 1.71 bits per heavy atom. The number of H-pyrrole nitrogens is 1. The zero-order valence-corrected chi connectivity index (χ0v) is 21.7. The zero-order chi connectivity index (χ0) is 27.4. The molecule has 0 fully saturated rings. The van der Waals surface area contributed by atoms with Gasteiger partial charge >= 0.3 is 17.3 Å². The van der Waals surface area contributed by atoms with Gasteiger partial charge in [0.1, 0.15) is 11.5 Å². The van der Waals surface area contributed by atoms with E-state index >= 15 is 0 Å². The molecule has 2 N–H and O–H groups in total. The summed E-state index contributed by atoms with van der Waals surface area (Å²) in [6.07, 6.45) is 1.62. The second-order valence-corrected chi connectivity index (χ2v) is 9.27. The minimum atomic E-state index is -1.12. The summed E-state index contributed by atoms with van der Waals surface area (Å²) < 4.78 is 7.99. The Kier molecular flexibility index (Phi) is 7.92. The number of rotatable bonds is 8. The standard InChI is InChI=1S/C27H26ClN5O5/c1-16-4-11-23(14-29-16)38-22-12-9-21(10-13-22)30-25-31-26(36)33(18(3)17(2)24(34)35)27(37)32(25)15-19-5-7-20(28)8-6-19/h4-14,17-18H,15H2,1-3H3,(H,34,35)(H,30,31,36)/t17-,18+/m0/s1. The van der Waals surface area contributed by atoms with Crippen molar-refractivity contribution in [1.29, 1.82) is 0 Å². The fourth-order valence-corrected chi connectivity index (χ4v) is 3.81. The minimum Gasteiger partial charge on any atom is -0.481 e. The van der Waals surface area contributed by atoms with Crippen LogP contribution in [-0.2, 0) is 11.3 Å². The number of ether oxygens (including phenoxy) is 1.